The summed E-state index contributed by atoms with van der Waals surface area (Å²) in [4.78, 5) is 13.7. The molecule has 0 aliphatic rings. The molecule has 2 aromatic carbocycles. The van der Waals surface area contributed by atoms with Crippen molar-refractivity contribution in [3.63, 3.8) is 0 Å². The Morgan fingerprint density at radius 3 is 2.34 bits per heavy atom. The minimum Gasteiger partial charge on any atom is -0.299 e. The molecule has 5 heteroatoms. The van der Waals surface area contributed by atoms with Gasteiger partial charge in [-0.25, -0.2) is 0 Å². The molecule has 29 heavy (non-hydrogen) atoms. The summed E-state index contributed by atoms with van der Waals surface area (Å²) in [6.45, 7) is 7.44. The third kappa shape index (κ3) is 7.27. The Morgan fingerprint density at radius 2 is 1.79 bits per heavy atom. The highest BCUT2D eigenvalue weighted by atomic mass is 35.5. The molecule has 0 aromatic heterocycles. The van der Waals surface area contributed by atoms with Gasteiger partial charge in [-0.05, 0) is 49.1 Å². The smallest absolute Gasteiger partial charge is 0.299 e. The second-order valence-electron chi connectivity index (χ2n) is 7.29. The molecule has 0 saturated carbocycles. The zero-order valence-electron chi connectivity index (χ0n) is 16.8. The Balaban J connectivity index is 2.24. The summed E-state index contributed by atoms with van der Waals surface area (Å²) in [5.41, 5.74) is 1.92. The molecule has 0 N–H and O–H groups in total. The van der Waals surface area contributed by atoms with Crippen molar-refractivity contribution in [2.24, 2.45) is 5.92 Å². The summed E-state index contributed by atoms with van der Waals surface area (Å²) in [6.07, 6.45) is 2.49. The van der Waals surface area contributed by atoms with E-state index in [0.29, 0.717) is 12.8 Å². The molecule has 0 bridgehead atoms. The fourth-order valence-electron chi connectivity index (χ4n) is 3.20. The lowest BCUT2D eigenvalue weighted by Gasteiger charge is -2.30. The van der Waals surface area contributed by atoms with E-state index in [4.69, 9.17) is 11.6 Å². The summed E-state index contributed by atoms with van der Waals surface area (Å²) >= 11 is 6.89. The van der Waals surface area contributed by atoms with E-state index in [0.717, 1.165) is 16.0 Å². The molecule has 0 aliphatic carbocycles. The van der Waals surface area contributed by atoms with Crippen molar-refractivity contribution in [3.05, 3.63) is 78.4 Å². The number of thioether (sulfide) groups is 1. The first-order valence-corrected chi connectivity index (χ1v) is 11.0. The topological polar surface area (TPSA) is 17.1 Å². The summed E-state index contributed by atoms with van der Waals surface area (Å²) in [5.74, 6) is -1.95. The maximum Gasteiger partial charge on any atom is 0.325 e. The van der Waals surface area contributed by atoms with Crippen LogP contribution in [0, 0.1) is 12.8 Å². The Hall–Kier alpha value is -1.65. The largest absolute Gasteiger partial charge is 0.325 e. The predicted octanol–water partition coefficient (Wildman–Crippen LogP) is 7.63. The molecular formula is C24H27ClF2OS. The molecule has 1 nitrogen and oxygen atoms in total. The molecule has 0 spiro atoms. The van der Waals surface area contributed by atoms with Gasteiger partial charge in [-0.15, -0.1) is 18.3 Å². The number of hydrogen-bond acceptors (Lipinski definition) is 2. The first kappa shape index (κ1) is 23.6. The lowest BCUT2D eigenvalue weighted by molar-refractivity contribution is -0.123. The lowest BCUT2D eigenvalue weighted by atomic mass is 9.88. The fraction of sp³-hybridized carbons (Fsp3) is 0.375. The van der Waals surface area contributed by atoms with Crippen LogP contribution in [0.3, 0.4) is 0 Å². The average Bonchev–Trinajstić information content (AvgIpc) is 2.70. The number of rotatable bonds is 11. The maximum atomic E-state index is 14.4. The van der Waals surface area contributed by atoms with Crippen molar-refractivity contribution in [3.8, 4) is 0 Å². The molecule has 0 aliphatic heterocycles. The van der Waals surface area contributed by atoms with Crippen molar-refractivity contribution in [1.82, 2.24) is 0 Å². The Bertz CT molecular complexity index is 787. The minimum atomic E-state index is -3.48. The van der Waals surface area contributed by atoms with E-state index in [1.54, 1.807) is 13.0 Å². The zero-order chi connectivity index (χ0) is 21.4. The summed E-state index contributed by atoms with van der Waals surface area (Å²) in [5, 5.41) is -3.98. The van der Waals surface area contributed by atoms with Crippen LogP contribution in [0.1, 0.15) is 43.2 Å². The SMILES string of the molecule is C=CCC[C@H](Sc1ccc(C)cc1)[C@@H](CC(=O)[C@H](C)c1ccccc1)C(F)(F)Cl. The van der Waals surface area contributed by atoms with Crippen molar-refractivity contribution >= 4 is 29.1 Å². The normalized spacial score (nSPS) is 14.8. The fourth-order valence-corrected chi connectivity index (χ4v) is 4.83. The highest BCUT2D eigenvalue weighted by molar-refractivity contribution is 8.00. The molecule has 0 unspecified atom stereocenters. The van der Waals surface area contributed by atoms with Crippen LogP contribution in [-0.2, 0) is 4.79 Å². The highest BCUT2D eigenvalue weighted by Crippen LogP contribution is 2.43. The van der Waals surface area contributed by atoms with Crippen LogP contribution in [0.25, 0.3) is 0 Å². The number of carbonyl (C=O) groups is 1. The highest BCUT2D eigenvalue weighted by Gasteiger charge is 2.44. The molecule has 0 saturated heterocycles. The number of benzene rings is 2. The quantitative estimate of drug-likeness (QED) is 0.204. The van der Waals surface area contributed by atoms with Crippen LogP contribution in [0.4, 0.5) is 8.78 Å². The van der Waals surface area contributed by atoms with Crippen molar-refractivity contribution in [1.29, 1.82) is 0 Å². The summed E-state index contributed by atoms with van der Waals surface area (Å²) < 4.78 is 28.9. The second kappa shape index (κ2) is 10.9. The molecular weight excluding hydrogens is 410 g/mol. The van der Waals surface area contributed by atoms with Gasteiger partial charge in [-0.1, -0.05) is 61.0 Å². The van der Waals surface area contributed by atoms with Gasteiger partial charge in [0.05, 0.1) is 5.92 Å². The van der Waals surface area contributed by atoms with Gasteiger partial charge >= 0.3 is 5.38 Å². The van der Waals surface area contributed by atoms with Crippen LogP contribution < -0.4 is 0 Å². The van der Waals surface area contributed by atoms with Gasteiger partial charge in [0.15, 0.2) is 0 Å². The summed E-state index contributed by atoms with van der Waals surface area (Å²) in [6, 6.07) is 16.9. The van der Waals surface area contributed by atoms with Gasteiger partial charge in [0.1, 0.15) is 5.78 Å². The third-order valence-corrected chi connectivity index (χ3v) is 6.73. The first-order chi connectivity index (χ1) is 13.7. The molecule has 0 amide bonds. The molecule has 156 valence electrons. The Labute approximate surface area is 181 Å². The maximum absolute atomic E-state index is 14.4. The number of halogens is 3. The van der Waals surface area contributed by atoms with Gasteiger partial charge in [-0.3, -0.25) is 4.79 Å². The van der Waals surface area contributed by atoms with Crippen molar-refractivity contribution < 1.29 is 13.6 Å². The van der Waals surface area contributed by atoms with Gasteiger partial charge in [0.25, 0.3) is 0 Å². The Kier molecular flexibility index (Phi) is 8.91. The van der Waals surface area contributed by atoms with Crippen LogP contribution in [0.15, 0.2) is 72.1 Å². The average molecular weight is 437 g/mol. The zero-order valence-corrected chi connectivity index (χ0v) is 18.4. The Morgan fingerprint density at radius 1 is 1.17 bits per heavy atom. The van der Waals surface area contributed by atoms with Crippen LogP contribution in [0.2, 0.25) is 0 Å². The minimum absolute atomic E-state index is 0.227. The van der Waals surface area contributed by atoms with E-state index < -0.39 is 22.5 Å². The number of Topliss-reactive ketones (excluding diaryl/α,β-unsaturated/α-hetero) is 1. The van der Waals surface area contributed by atoms with Crippen molar-refractivity contribution in [2.45, 2.75) is 54.6 Å². The van der Waals surface area contributed by atoms with Crippen molar-refractivity contribution in [2.75, 3.05) is 0 Å². The van der Waals surface area contributed by atoms with E-state index in [2.05, 4.69) is 6.58 Å². The number of allylic oxidation sites excluding steroid dienone is 1. The van der Waals surface area contributed by atoms with Gasteiger partial charge in [-0.2, -0.15) is 8.78 Å². The number of alkyl halides is 3. The molecule has 0 fully saturated rings. The second-order valence-corrected chi connectivity index (χ2v) is 9.10. The van der Waals surface area contributed by atoms with E-state index in [-0.39, 0.29) is 12.2 Å². The van der Waals surface area contributed by atoms with Gasteiger partial charge < -0.3 is 0 Å². The standard InChI is InChI=1S/C24H27ClF2OS/c1-4-5-11-23(29-20-14-12-17(2)13-15-20)21(24(25,26)27)16-22(28)18(3)19-9-7-6-8-10-19/h4,6-10,12-15,18,21,23H,1,5,11,16H2,2-3H3/t18-,21-,23+/m1/s1. The molecule has 3 atom stereocenters. The number of ketones is 1. The van der Waals surface area contributed by atoms with E-state index in [1.807, 2.05) is 61.5 Å². The number of hydrogen-bond donors (Lipinski definition) is 0. The van der Waals surface area contributed by atoms with E-state index >= 15 is 0 Å². The third-order valence-electron chi connectivity index (χ3n) is 5.04. The number of aryl methyl sites for hydroxylation is 1. The number of carbonyl (C=O) groups excluding carboxylic acids is 1. The lowest BCUT2D eigenvalue weighted by Crippen LogP contribution is -2.34. The van der Waals surface area contributed by atoms with Crippen LogP contribution >= 0.6 is 23.4 Å². The van der Waals surface area contributed by atoms with Gasteiger partial charge in [0.2, 0.25) is 0 Å². The van der Waals surface area contributed by atoms with Gasteiger partial charge in [0, 0.05) is 22.5 Å². The molecule has 2 aromatic rings. The molecule has 0 heterocycles. The van der Waals surface area contributed by atoms with Crippen LogP contribution in [-0.4, -0.2) is 16.4 Å². The first-order valence-electron chi connectivity index (χ1n) is 9.71. The molecule has 2 rings (SSSR count). The van der Waals surface area contributed by atoms with E-state index in [1.165, 1.54) is 11.8 Å². The van der Waals surface area contributed by atoms with Crippen LogP contribution in [0.5, 0.6) is 0 Å². The molecule has 0 radical (unpaired) electrons. The predicted molar refractivity (Wildman–Crippen MR) is 119 cm³/mol. The monoisotopic (exact) mass is 436 g/mol. The van der Waals surface area contributed by atoms with E-state index in [9.17, 15) is 13.6 Å². The summed E-state index contributed by atoms with van der Waals surface area (Å²) in [7, 11) is 0.